The van der Waals surface area contributed by atoms with Crippen molar-refractivity contribution in [2.75, 3.05) is 25.2 Å². The highest BCUT2D eigenvalue weighted by atomic mass is 35.5. The second-order valence-electron chi connectivity index (χ2n) is 6.39. The average Bonchev–Trinajstić information content (AvgIpc) is 2.74. The van der Waals surface area contributed by atoms with Crippen LogP contribution >= 0.6 is 23.4 Å². The SMILES string of the molecule is CCO[C@@H](CNC(=O)[C@H](CCSC)NC(=O)c1ccccc1Cl)c1ccccc1. The topological polar surface area (TPSA) is 67.4 Å². The Bertz CT molecular complexity index is 789. The number of benzene rings is 2. The number of rotatable bonds is 11. The predicted octanol–water partition coefficient (Wildman–Crippen LogP) is 4.09. The zero-order valence-corrected chi connectivity index (χ0v) is 18.3. The van der Waals surface area contributed by atoms with Gasteiger partial charge in [0, 0.05) is 13.2 Å². The number of halogens is 1. The standard InChI is InChI=1S/C22H27ClN2O3S/c1-3-28-20(16-9-5-4-6-10-16)15-24-22(27)19(13-14-29-2)25-21(26)17-11-7-8-12-18(17)23/h4-12,19-20H,3,13-15H2,1-2H3,(H,24,27)(H,25,26)/t19-,20-/m0/s1. The summed E-state index contributed by atoms with van der Waals surface area (Å²) >= 11 is 7.73. The van der Waals surface area contributed by atoms with Crippen LogP contribution in [-0.2, 0) is 9.53 Å². The molecule has 0 heterocycles. The minimum absolute atomic E-state index is 0.236. The van der Waals surface area contributed by atoms with Crippen LogP contribution in [0.25, 0.3) is 0 Å². The molecule has 29 heavy (non-hydrogen) atoms. The molecule has 2 atom stereocenters. The molecule has 2 aromatic carbocycles. The molecule has 156 valence electrons. The van der Waals surface area contributed by atoms with Crippen molar-refractivity contribution < 1.29 is 14.3 Å². The highest BCUT2D eigenvalue weighted by molar-refractivity contribution is 7.98. The van der Waals surface area contributed by atoms with E-state index in [0.29, 0.717) is 30.2 Å². The first-order valence-electron chi connectivity index (χ1n) is 9.55. The van der Waals surface area contributed by atoms with Crippen molar-refractivity contribution >= 4 is 35.2 Å². The maximum Gasteiger partial charge on any atom is 0.253 e. The Balaban J connectivity index is 2.03. The van der Waals surface area contributed by atoms with Crippen LogP contribution in [0.2, 0.25) is 5.02 Å². The summed E-state index contributed by atoms with van der Waals surface area (Å²) in [5.74, 6) is 0.149. The van der Waals surface area contributed by atoms with Crippen LogP contribution < -0.4 is 10.6 Å². The summed E-state index contributed by atoms with van der Waals surface area (Å²) in [5.41, 5.74) is 1.35. The molecule has 0 bridgehead atoms. The van der Waals surface area contributed by atoms with Gasteiger partial charge >= 0.3 is 0 Å². The van der Waals surface area contributed by atoms with Gasteiger partial charge in [0.1, 0.15) is 6.04 Å². The molecule has 0 spiro atoms. The van der Waals surface area contributed by atoms with Gasteiger partial charge in [0.15, 0.2) is 0 Å². The summed E-state index contributed by atoms with van der Waals surface area (Å²) in [7, 11) is 0. The molecule has 2 N–H and O–H groups in total. The lowest BCUT2D eigenvalue weighted by Crippen LogP contribution is -2.48. The number of ether oxygens (including phenoxy) is 1. The Morgan fingerprint density at radius 1 is 1.10 bits per heavy atom. The molecular formula is C22H27ClN2O3S. The number of carbonyl (C=O) groups is 2. The fourth-order valence-corrected chi connectivity index (χ4v) is 3.54. The van der Waals surface area contributed by atoms with E-state index in [1.54, 1.807) is 36.0 Å². The number of thioether (sulfide) groups is 1. The molecule has 0 fully saturated rings. The lowest BCUT2D eigenvalue weighted by Gasteiger charge is -2.22. The van der Waals surface area contributed by atoms with Gasteiger partial charge < -0.3 is 15.4 Å². The fraction of sp³-hybridized carbons (Fsp3) is 0.364. The third kappa shape index (κ3) is 7.38. The molecule has 0 unspecified atom stereocenters. The average molecular weight is 435 g/mol. The van der Waals surface area contributed by atoms with E-state index in [4.69, 9.17) is 16.3 Å². The smallest absolute Gasteiger partial charge is 0.253 e. The fourth-order valence-electron chi connectivity index (χ4n) is 2.84. The van der Waals surface area contributed by atoms with E-state index in [9.17, 15) is 9.59 Å². The van der Waals surface area contributed by atoms with Gasteiger partial charge in [-0.3, -0.25) is 9.59 Å². The summed E-state index contributed by atoms with van der Waals surface area (Å²) in [5, 5.41) is 6.10. The van der Waals surface area contributed by atoms with E-state index in [1.165, 1.54) is 0 Å². The predicted molar refractivity (Wildman–Crippen MR) is 120 cm³/mol. The molecule has 2 aromatic rings. The van der Waals surface area contributed by atoms with Crippen LogP contribution in [0.5, 0.6) is 0 Å². The Hall–Kier alpha value is -2.02. The Morgan fingerprint density at radius 3 is 2.45 bits per heavy atom. The van der Waals surface area contributed by atoms with Crippen LogP contribution in [0.3, 0.4) is 0 Å². The summed E-state index contributed by atoms with van der Waals surface area (Å²) in [6.45, 7) is 2.78. The molecular weight excluding hydrogens is 408 g/mol. The third-order valence-corrected chi connectivity index (χ3v) is 5.33. The Labute approximate surface area is 181 Å². The van der Waals surface area contributed by atoms with Gasteiger partial charge in [0.25, 0.3) is 5.91 Å². The second kappa shape index (κ2) is 12.5. The number of hydrogen-bond donors (Lipinski definition) is 2. The van der Waals surface area contributed by atoms with Crippen molar-refractivity contribution in [2.24, 2.45) is 0 Å². The van der Waals surface area contributed by atoms with E-state index in [2.05, 4.69) is 10.6 Å². The molecule has 0 aliphatic heterocycles. The van der Waals surface area contributed by atoms with Crippen molar-refractivity contribution in [3.8, 4) is 0 Å². The van der Waals surface area contributed by atoms with Crippen molar-refractivity contribution in [1.82, 2.24) is 10.6 Å². The molecule has 0 saturated heterocycles. The largest absolute Gasteiger partial charge is 0.372 e. The maximum atomic E-state index is 12.8. The van der Waals surface area contributed by atoms with Crippen LogP contribution in [0, 0.1) is 0 Å². The minimum Gasteiger partial charge on any atom is -0.372 e. The molecule has 0 aliphatic rings. The summed E-state index contributed by atoms with van der Waals surface area (Å²) in [4.78, 5) is 25.4. The number of nitrogens with one attached hydrogen (secondary N) is 2. The molecule has 0 saturated carbocycles. The number of hydrogen-bond acceptors (Lipinski definition) is 4. The van der Waals surface area contributed by atoms with Crippen molar-refractivity contribution in [1.29, 1.82) is 0 Å². The van der Waals surface area contributed by atoms with E-state index in [-0.39, 0.29) is 17.9 Å². The van der Waals surface area contributed by atoms with E-state index < -0.39 is 6.04 Å². The van der Waals surface area contributed by atoms with Crippen LogP contribution in [0.1, 0.15) is 35.4 Å². The number of carbonyl (C=O) groups excluding carboxylic acids is 2. The lowest BCUT2D eigenvalue weighted by atomic mass is 10.1. The summed E-state index contributed by atoms with van der Waals surface area (Å²) in [6, 6.07) is 15.9. The molecule has 0 aromatic heterocycles. The highest BCUT2D eigenvalue weighted by Gasteiger charge is 2.23. The first-order valence-corrected chi connectivity index (χ1v) is 11.3. The highest BCUT2D eigenvalue weighted by Crippen LogP contribution is 2.17. The first kappa shape index (κ1) is 23.3. The molecule has 7 heteroatoms. The minimum atomic E-state index is -0.649. The second-order valence-corrected chi connectivity index (χ2v) is 7.78. The summed E-state index contributed by atoms with van der Waals surface area (Å²) in [6.07, 6.45) is 2.24. The van der Waals surface area contributed by atoms with Crippen molar-refractivity contribution in [2.45, 2.75) is 25.5 Å². The van der Waals surface area contributed by atoms with Gasteiger partial charge in [-0.2, -0.15) is 11.8 Å². The van der Waals surface area contributed by atoms with Crippen LogP contribution in [-0.4, -0.2) is 43.0 Å². The quantitative estimate of drug-likeness (QED) is 0.559. The van der Waals surface area contributed by atoms with Gasteiger partial charge in [-0.1, -0.05) is 54.1 Å². The van der Waals surface area contributed by atoms with Crippen LogP contribution in [0.4, 0.5) is 0 Å². The zero-order valence-electron chi connectivity index (χ0n) is 16.7. The monoisotopic (exact) mass is 434 g/mol. The first-order chi connectivity index (χ1) is 14.1. The molecule has 0 aliphatic carbocycles. The van der Waals surface area contributed by atoms with Gasteiger partial charge in [-0.15, -0.1) is 0 Å². The van der Waals surface area contributed by atoms with Crippen molar-refractivity contribution in [3.63, 3.8) is 0 Å². The summed E-state index contributed by atoms with van der Waals surface area (Å²) < 4.78 is 5.78. The van der Waals surface area contributed by atoms with Gasteiger partial charge in [-0.25, -0.2) is 0 Å². The van der Waals surface area contributed by atoms with Gasteiger partial charge in [-0.05, 0) is 43.0 Å². The number of amides is 2. The van der Waals surface area contributed by atoms with E-state index >= 15 is 0 Å². The molecule has 0 radical (unpaired) electrons. The molecule has 2 rings (SSSR count). The zero-order chi connectivity index (χ0) is 21.1. The Morgan fingerprint density at radius 2 is 1.79 bits per heavy atom. The van der Waals surface area contributed by atoms with Crippen LogP contribution in [0.15, 0.2) is 54.6 Å². The third-order valence-electron chi connectivity index (χ3n) is 4.35. The molecule has 2 amide bonds. The Kier molecular flexibility index (Phi) is 10.0. The van der Waals surface area contributed by atoms with E-state index in [0.717, 1.165) is 11.3 Å². The lowest BCUT2D eigenvalue weighted by molar-refractivity contribution is -0.123. The van der Waals surface area contributed by atoms with E-state index in [1.807, 2.05) is 43.5 Å². The van der Waals surface area contributed by atoms with Crippen molar-refractivity contribution in [3.05, 3.63) is 70.7 Å². The normalized spacial score (nSPS) is 12.8. The van der Waals surface area contributed by atoms with Gasteiger partial charge in [0.05, 0.1) is 16.7 Å². The maximum absolute atomic E-state index is 12.8. The van der Waals surface area contributed by atoms with Gasteiger partial charge in [0.2, 0.25) is 5.91 Å². The molecule has 5 nitrogen and oxygen atoms in total.